The topological polar surface area (TPSA) is 42.8 Å². The monoisotopic (exact) mass is 116 g/mol. The predicted molar refractivity (Wildman–Crippen MR) is 31.1 cm³/mol. The second kappa shape index (κ2) is 4.37. The van der Waals surface area contributed by atoms with Gasteiger partial charge in [0.1, 0.15) is 0 Å². The van der Waals surface area contributed by atoms with Crippen LogP contribution in [0.1, 0.15) is 0 Å². The fourth-order valence-electron chi connectivity index (χ4n) is 0.296. The average Bonchev–Trinajstić information content (AvgIpc) is 1.68. The molecule has 4 heteroatoms. The van der Waals surface area contributed by atoms with Crippen LogP contribution >= 0.6 is 0 Å². The Morgan fingerprint density at radius 3 is 2.88 bits per heavy atom. The molecule has 2 N–H and O–H groups in total. The summed E-state index contributed by atoms with van der Waals surface area (Å²) in [5, 5.41) is 1.22. The van der Waals surface area contributed by atoms with Gasteiger partial charge >= 0.3 is 6.19 Å². The molecule has 46 valence electrons. The van der Waals surface area contributed by atoms with E-state index in [2.05, 4.69) is 15.8 Å². The first-order valence-electron chi connectivity index (χ1n) is 2.17. The van der Waals surface area contributed by atoms with Crippen LogP contribution in [0.5, 0.6) is 0 Å². The molecule has 0 fully saturated rings. The van der Waals surface area contributed by atoms with Gasteiger partial charge in [-0.25, -0.2) is 4.85 Å². The molecule has 0 aromatic carbocycles. The summed E-state index contributed by atoms with van der Waals surface area (Å²) in [5.41, 5.74) is 0. The van der Waals surface area contributed by atoms with Gasteiger partial charge in [-0.2, -0.15) is 5.84 Å². The highest BCUT2D eigenvalue weighted by molar-refractivity contribution is 4.77. The summed E-state index contributed by atoms with van der Waals surface area (Å²) in [6.45, 7) is 0.317. The minimum Gasteiger partial charge on any atom is -0.343 e. The number of ether oxygens (including phenoxy) is 1. The summed E-state index contributed by atoms with van der Waals surface area (Å²) < 4.78 is 4.63. The molecule has 8 heavy (non-hydrogen) atoms. The van der Waals surface area contributed by atoms with Gasteiger partial charge in [0.2, 0.25) is 6.73 Å². The van der Waals surface area contributed by atoms with E-state index < -0.39 is 0 Å². The summed E-state index contributed by atoms with van der Waals surface area (Å²) in [5.74, 6) is 5.20. The quantitative estimate of drug-likeness (QED) is 0.177. The van der Waals surface area contributed by atoms with Crippen LogP contribution in [0, 0.1) is 6.19 Å². The molecular formula is C4H10N3O+. The first kappa shape index (κ1) is 7.21. The maximum atomic E-state index is 5.20. The smallest absolute Gasteiger partial charge is 0.343 e. The lowest BCUT2D eigenvalue weighted by molar-refractivity contribution is 0.103. The number of hydrogen-bond donors (Lipinski definition) is 1. The fraction of sp³-hybridized carbons (Fsp3) is 0.750. The molecule has 4 nitrogen and oxygen atoms in total. The molecule has 0 aliphatic heterocycles. The van der Waals surface area contributed by atoms with Gasteiger partial charge in [-0.15, -0.1) is 5.01 Å². The summed E-state index contributed by atoms with van der Waals surface area (Å²) in [6, 6.07) is 0. The number of methoxy groups -OCH3 is 1. The molecule has 0 radical (unpaired) electrons. The molecule has 0 aliphatic carbocycles. The second-order valence-corrected chi connectivity index (χ2v) is 1.21. The molecule has 0 unspecified atom stereocenters. The average molecular weight is 116 g/mol. The van der Waals surface area contributed by atoms with Crippen molar-refractivity contribution in [2.75, 3.05) is 20.9 Å². The Balaban J connectivity index is 3.27. The summed E-state index contributed by atoms with van der Waals surface area (Å²) >= 11 is 0. The predicted octanol–water partition coefficient (Wildman–Crippen LogP) is -0.314. The van der Waals surface area contributed by atoms with Crippen molar-refractivity contribution >= 4 is 0 Å². The number of hydrazine groups is 1. The van der Waals surface area contributed by atoms with E-state index in [1.54, 1.807) is 14.2 Å². The van der Waals surface area contributed by atoms with Crippen molar-refractivity contribution in [2.24, 2.45) is 5.84 Å². The third-order valence-electron chi connectivity index (χ3n) is 0.497. The normalized spacial score (nSPS) is 7.38. The van der Waals surface area contributed by atoms with Crippen molar-refractivity contribution in [3.05, 3.63) is 4.85 Å². The first-order valence-corrected chi connectivity index (χ1v) is 2.17. The highest BCUT2D eigenvalue weighted by Gasteiger charge is 1.96. The molecule has 0 rings (SSSR count). The van der Waals surface area contributed by atoms with Crippen molar-refractivity contribution in [2.45, 2.75) is 0 Å². The van der Waals surface area contributed by atoms with Crippen LogP contribution < -0.4 is 5.84 Å². The standard InChI is InChI=1S/C4H10N3O/c1-6-3-7(5)4-8-2/h4-5H2,1-2H3/q+1. The fourth-order valence-corrected chi connectivity index (χ4v) is 0.296. The molecule has 0 saturated heterocycles. The van der Waals surface area contributed by atoms with Crippen LogP contribution in [0.2, 0.25) is 0 Å². The van der Waals surface area contributed by atoms with Gasteiger partial charge < -0.3 is 4.74 Å². The van der Waals surface area contributed by atoms with Crippen molar-refractivity contribution in [3.63, 3.8) is 0 Å². The van der Waals surface area contributed by atoms with E-state index in [9.17, 15) is 0 Å². The van der Waals surface area contributed by atoms with Gasteiger partial charge in [0.15, 0.2) is 7.05 Å². The zero-order chi connectivity index (χ0) is 6.41. The van der Waals surface area contributed by atoms with Crippen LogP contribution in [0.4, 0.5) is 0 Å². The lowest BCUT2D eigenvalue weighted by Crippen LogP contribution is -2.27. The number of hydrogen-bond acceptors (Lipinski definition) is 3. The van der Waals surface area contributed by atoms with Crippen molar-refractivity contribution in [1.82, 2.24) is 5.01 Å². The maximum absolute atomic E-state index is 5.20. The van der Waals surface area contributed by atoms with Crippen molar-refractivity contribution in [1.29, 1.82) is 0 Å². The Morgan fingerprint density at radius 1 is 1.88 bits per heavy atom. The molecule has 0 atom stereocenters. The molecule has 0 bridgehead atoms. The molecule has 0 heterocycles. The molecule has 0 amide bonds. The van der Waals surface area contributed by atoms with Crippen molar-refractivity contribution < 1.29 is 4.74 Å². The maximum Gasteiger partial charge on any atom is 0.393 e. The minimum absolute atomic E-state index is 0.317. The van der Waals surface area contributed by atoms with Crippen LogP contribution in [-0.2, 0) is 4.74 Å². The van der Waals surface area contributed by atoms with Crippen LogP contribution in [0.15, 0.2) is 0 Å². The number of nitrogens with zero attached hydrogens (tertiary/aromatic N) is 2. The molecule has 0 aromatic rings. The Labute approximate surface area is 48.6 Å². The Kier molecular flexibility index (Phi) is 3.94. The molecule has 0 saturated carbocycles. The van der Waals surface area contributed by atoms with E-state index in [4.69, 9.17) is 5.84 Å². The van der Waals surface area contributed by atoms with Gasteiger partial charge in [0.05, 0.1) is 0 Å². The first-order chi connectivity index (χ1) is 3.81. The minimum atomic E-state index is 0.317. The highest BCUT2D eigenvalue weighted by Crippen LogP contribution is 1.71. The lowest BCUT2D eigenvalue weighted by atomic mass is 11.0. The van der Waals surface area contributed by atoms with E-state index in [1.807, 2.05) is 0 Å². The Hall–Kier alpha value is -0.790. The number of rotatable bonds is 2. The Morgan fingerprint density at radius 2 is 2.50 bits per heavy atom. The largest absolute Gasteiger partial charge is 0.393 e. The molecule has 0 aliphatic rings. The summed E-state index contributed by atoms with van der Waals surface area (Å²) in [7, 11) is 3.15. The molecular weight excluding hydrogens is 106 g/mol. The van der Waals surface area contributed by atoms with E-state index in [0.29, 0.717) is 6.73 Å². The van der Waals surface area contributed by atoms with E-state index in [1.165, 1.54) is 5.01 Å². The van der Waals surface area contributed by atoms with Crippen LogP contribution in [-0.4, -0.2) is 25.9 Å². The van der Waals surface area contributed by atoms with Crippen molar-refractivity contribution in [3.8, 4) is 6.19 Å². The van der Waals surface area contributed by atoms with Gasteiger partial charge in [-0.1, -0.05) is 0 Å². The van der Waals surface area contributed by atoms with E-state index in [0.717, 1.165) is 0 Å². The van der Waals surface area contributed by atoms with Gasteiger partial charge in [0, 0.05) is 7.11 Å². The van der Waals surface area contributed by atoms with E-state index in [-0.39, 0.29) is 0 Å². The van der Waals surface area contributed by atoms with Gasteiger partial charge in [-0.3, -0.25) is 0 Å². The third-order valence-corrected chi connectivity index (χ3v) is 0.497. The third kappa shape index (κ3) is 3.40. The number of nitrogens with two attached hydrogens (primary N) is 1. The highest BCUT2D eigenvalue weighted by atomic mass is 16.5. The second-order valence-electron chi connectivity index (χ2n) is 1.21. The summed E-state index contributed by atoms with van der Waals surface area (Å²) in [6.07, 6.45) is 2.46. The zero-order valence-electron chi connectivity index (χ0n) is 5.09. The van der Waals surface area contributed by atoms with Gasteiger partial charge in [-0.05, 0) is 0 Å². The molecule has 0 spiro atoms. The van der Waals surface area contributed by atoms with Crippen LogP contribution in [0.25, 0.3) is 4.85 Å². The van der Waals surface area contributed by atoms with Crippen LogP contribution in [0.3, 0.4) is 0 Å². The summed E-state index contributed by atoms with van der Waals surface area (Å²) in [4.78, 5) is 3.53. The SMILES string of the molecule is C[N+]#CN(N)COC. The van der Waals surface area contributed by atoms with Gasteiger partial charge in [0.25, 0.3) is 0 Å². The molecule has 0 aromatic heterocycles. The Bertz CT molecular complexity index is 104. The zero-order valence-corrected chi connectivity index (χ0v) is 5.09. The van der Waals surface area contributed by atoms with E-state index >= 15 is 0 Å². The lowest BCUT2D eigenvalue weighted by Gasteiger charge is -1.95.